The van der Waals surface area contributed by atoms with Gasteiger partial charge in [0.1, 0.15) is 6.67 Å². The van der Waals surface area contributed by atoms with E-state index in [0.717, 1.165) is 0 Å². The van der Waals surface area contributed by atoms with Crippen LogP contribution in [-0.4, -0.2) is 62.3 Å². The van der Waals surface area contributed by atoms with Gasteiger partial charge in [-0.2, -0.15) is 0 Å². The molecule has 0 aliphatic carbocycles. The van der Waals surface area contributed by atoms with Crippen molar-refractivity contribution < 1.29 is 17.9 Å². The van der Waals surface area contributed by atoms with Gasteiger partial charge in [-0.1, -0.05) is 0 Å². The smallest absolute Gasteiger partial charge is 0.152 e. The Morgan fingerprint density at radius 2 is 1.92 bits per heavy atom. The van der Waals surface area contributed by atoms with Crippen LogP contribution in [-0.2, 0) is 9.84 Å². The zero-order valence-electron chi connectivity index (χ0n) is 7.32. The Labute approximate surface area is 77.3 Å². The third-order valence-electron chi connectivity index (χ3n) is 2.28. The molecule has 0 amide bonds. The van der Waals surface area contributed by atoms with Gasteiger partial charge >= 0.3 is 0 Å². The van der Waals surface area contributed by atoms with Crippen LogP contribution in [0.3, 0.4) is 0 Å². The van der Waals surface area contributed by atoms with Crippen molar-refractivity contribution in [2.45, 2.75) is 6.04 Å². The minimum atomic E-state index is -2.91. The molecule has 1 aliphatic heterocycles. The molecule has 0 spiro atoms. The first-order valence-corrected chi connectivity index (χ1v) is 6.02. The minimum absolute atomic E-state index is 0.0729. The molecule has 1 fully saturated rings. The standard InChI is InChI=1S/C7H14FNO3S/c8-5-7(6-10)9-1-3-13(11,12)4-2-9/h7,10H,1-6H2. The molecule has 1 heterocycles. The number of aliphatic hydroxyl groups is 1. The fourth-order valence-electron chi connectivity index (χ4n) is 1.35. The van der Waals surface area contributed by atoms with Crippen LogP contribution in [0.15, 0.2) is 0 Å². The summed E-state index contributed by atoms with van der Waals surface area (Å²) >= 11 is 0. The van der Waals surface area contributed by atoms with Crippen molar-refractivity contribution >= 4 is 9.84 Å². The highest BCUT2D eigenvalue weighted by Crippen LogP contribution is 2.08. The summed E-state index contributed by atoms with van der Waals surface area (Å²) in [5, 5.41) is 8.78. The summed E-state index contributed by atoms with van der Waals surface area (Å²) in [5.41, 5.74) is 0. The summed E-state index contributed by atoms with van der Waals surface area (Å²) in [5.74, 6) is 0.146. The topological polar surface area (TPSA) is 57.6 Å². The van der Waals surface area contributed by atoms with Gasteiger partial charge in [0.15, 0.2) is 9.84 Å². The van der Waals surface area contributed by atoms with E-state index in [4.69, 9.17) is 5.11 Å². The molecule has 6 heteroatoms. The van der Waals surface area contributed by atoms with Crippen molar-refractivity contribution in [3.8, 4) is 0 Å². The molecule has 0 aromatic rings. The van der Waals surface area contributed by atoms with Crippen molar-refractivity contribution in [1.82, 2.24) is 4.90 Å². The lowest BCUT2D eigenvalue weighted by Gasteiger charge is -2.31. The summed E-state index contributed by atoms with van der Waals surface area (Å²) in [4.78, 5) is 1.68. The second-order valence-corrected chi connectivity index (χ2v) is 5.48. The largest absolute Gasteiger partial charge is 0.395 e. The first-order chi connectivity index (χ1) is 6.09. The average Bonchev–Trinajstić information content (AvgIpc) is 2.09. The maximum Gasteiger partial charge on any atom is 0.152 e. The SMILES string of the molecule is O=S1(=O)CCN(C(CO)CF)CC1. The molecule has 1 saturated heterocycles. The second kappa shape index (κ2) is 4.34. The molecule has 1 atom stereocenters. The molecule has 78 valence electrons. The summed E-state index contributed by atoms with van der Waals surface area (Å²) in [6, 6.07) is -0.532. The maximum atomic E-state index is 12.3. The van der Waals surface area contributed by atoms with Gasteiger partial charge in [0.25, 0.3) is 0 Å². The van der Waals surface area contributed by atoms with Gasteiger partial charge in [-0.3, -0.25) is 4.90 Å². The maximum absolute atomic E-state index is 12.3. The molecule has 0 bridgehead atoms. The molecular weight excluding hydrogens is 197 g/mol. The monoisotopic (exact) mass is 211 g/mol. The van der Waals surface area contributed by atoms with Crippen molar-refractivity contribution in [2.75, 3.05) is 37.9 Å². The Hall–Kier alpha value is -0.200. The molecule has 1 unspecified atom stereocenters. The van der Waals surface area contributed by atoms with Gasteiger partial charge in [0.2, 0.25) is 0 Å². The Morgan fingerprint density at radius 1 is 1.38 bits per heavy atom. The van der Waals surface area contributed by atoms with Crippen molar-refractivity contribution in [3.05, 3.63) is 0 Å². The normalized spacial score (nSPS) is 25.7. The van der Waals surface area contributed by atoms with Crippen LogP contribution in [0, 0.1) is 0 Å². The molecule has 0 aromatic heterocycles. The van der Waals surface area contributed by atoms with Crippen LogP contribution in [0.5, 0.6) is 0 Å². The third kappa shape index (κ3) is 2.89. The second-order valence-electron chi connectivity index (χ2n) is 3.18. The minimum Gasteiger partial charge on any atom is -0.395 e. The first-order valence-electron chi connectivity index (χ1n) is 4.20. The zero-order chi connectivity index (χ0) is 9.90. The van der Waals surface area contributed by atoms with Gasteiger partial charge in [0, 0.05) is 13.1 Å². The van der Waals surface area contributed by atoms with Gasteiger partial charge in [-0.15, -0.1) is 0 Å². The third-order valence-corrected chi connectivity index (χ3v) is 3.89. The van der Waals surface area contributed by atoms with E-state index in [1.807, 2.05) is 0 Å². The average molecular weight is 211 g/mol. The van der Waals surface area contributed by atoms with Gasteiger partial charge in [-0.25, -0.2) is 12.8 Å². The van der Waals surface area contributed by atoms with Crippen molar-refractivity contribution in [2.24, 2.45) is 0 Å². The van der Waals surface area contributed by atoms with Gasteiger partial charge in [0.05, 0.1) is 24.2 Å². The molecule has 4 nitrogen and oxygen atoms in total. The quantitative estimate of drug-likeness (QED) is 0.653. The summed E-state index contributed by atoms with van der Waals surface area (Å²) < 4.78 is 34.3. The molecule has 1 rings (SSSR count). The molecule has 13 heavy (non-hydrogen) atoms. The molecule has 0 saturated carbocycles. The van der Waals surface area contributed by atoms with Crippen LogP contribution in [0.25, 0.3) is 0 Å². The Morgan fingerprint density at radius 3 is 2.31 bits per heavy atom. The molecule has 0 aromatic carbocycles. The van der Waals surface area contributed by atoms with E-state index >= 15 is 0 Å². The number of nitrogens with zero attached hydrogens (tertiary/aromatic N) is 1. The lowest BCUT2D eigenvalue weighted by Crippen LogP contribution is -2.48. The Balaban J connectivity index is 2.49. The number of aliphatic hydroxyl groups excluding tert-OH is 1. The Bertz CT molecular complexity index is 236. The van der Waals surface area contributed by atoms with E-state index in [1.54, 1.807) is 4.90 Å². The number of rotatable bonds is 3. The van der Waals surface area contributed by atoms with Crippen molar-refractivity contribution in [3.63, 3.8) is 0 Å². The molecule has 0 radical (unpaired) electrons. The van der Waals surface area contributed by atoms with Crippen LogP contribution in [0.2, 0.25) is 0 Å². The van der Waals surface area contributed by atoms with E-state index in [2.05, 4.69) is 0 Å². The summed E-state index contributed by atoms with van der Waals surface area (Å²) in [6.07, 6.45) is 0. The van der Waals surface area contributed by atoms with E-state index in [0.29, 0.717) is 13.1 Å². The number of hydrogen-bond acceptors (Lipinski definition) is 4. The highest BCUT2D eigenvalue weighted by Gasteiger charge is 2.26. The predicted molar refractivity (Wildman–Crippen MR) is 47.1 cm³/mol. The first kappa shape index (κ1) is 10.9. The molecule has 1 N–H and O–H groups in total. The lowest BCUT2D eigenvalue weighted by molar-refractivity contribution is 0.109. The molecule has 1 aliphatic rings. The van der Waals surface area contributed by atoms with Crippen LogP contribution >= 0.6 is 0 Å². The van der Waals surface area contributed by atoms with Crippen LogP contribution in [0.4, 0.5) is 4.39 Å². The summed E-state index contributed by atoms with van der Waals surface area (Å²) in [6.45, 7) is -0.220. The fourth-order valence-corrected chi connectivity index (χ4v) is 2.58. The number of alkyl halides is 1. The van der Waals surface area contributed by atoms with Gasteiger partial charge < -0.3 is 5.11 Å². The molecular formula is C7H14FNO3S. The number of hydrogen-bond donors (Lipinski definition) is 1. The van der Waals surface area contributed by atoms with E-state index in [-0.39, 0.29) is 18.1 Å². The predicted octanol–water partition coefficient (Wildman–Crippen LogP) is -0.953. The highest BCUT2D eigenvalue weighted by molar-refractivity contribution is 7.91. The highest BCUT2D eigenvalue weighted by atomic mass is 32.2. The van der Waals surface area contributed by atoms with Crippen LogP contribution < -0.4 is 0 Å². The zero-order valence-corrected chi connectivity index (χ0v) is 8.13. The van der Waals surface area contributed by atoms with E-state index < -0.39 is 22.6 Å². The van der Waals surface area contributed by atoms with E-state index in [9.17, 15) is 12.8 Å². The Kier molecular flexibility index (Phi) is 3.63. The van der Waals surface area contributed by atoms with Gasteiger partial charge in [-0.05, 0) is 0 Å². The summed E-state index contributed by atoms with van der Waals surface area (Å²) in [7, 11) is -2.91. The van der Waals surface area contributed by atoms with Crippen LogP contribution in [0.1, 0.15) is 0 Å². The number of sulfone groups is 1. The lowest BCUT2D eigenvalue weighted by atomic mass is 10.3. The number of halogens is 1. The fraction of sp³-hybridized carbons (Fsp3) is 1.00. The van der Waals surface area contributed by atoms with E-state index in [1.165, 1.54) is 0 Å². The van der Waals surface area contributed by atoms with Crippen molar-refractivity contribution in [1.29, 1.82) is 0 Å².